The molecule has 9 heteroatoms. The van der Waals surface area contributed by atoms with Crippen molar-refractivity contribution in [2.75, 3.05) is 38.8 Å². The van der Waals surface area contributed by atoms with Crippen molar-refractivity contribution >= 4 is 29.1 Å². The van der Waals surface area contributed by atoms with Gasteiger partial charge in [0, 0.05) is 48.8 Å². The summed E-state index contributed by atoms with van der Waals surface area (Å²) in [7, 11) is 3.18. The highest BCUT2D eigenvalue weighted by Crippen LogP contribution is 2.41. The van der Waals surface area contributed by atoms with E-state index < -0.39 is 0 Å². The van der Waals surface area contributed by atoms with E-state index in [1.807, 2.05) is 25.1 Å². The van der Waals surface area contributed by atoms with Crippen molar-refractivity contribution in [2.45, 2.75) is 65.3 Å². The van der Waals surface area contributed by atoms with Crippen LogP contribution in [0, 0.1) is 5.41 Å². The predicted molar refractivity (Wildman–Crippen MR) is 155 cm³/mol. The number of anilines is 1. The van der Waals surface area contributed by atoms with Crippen LogP contribution in [-0.4, -0.2) is 62.2 Å². The van der Waals surface area contributed by atoms with Crippen LogP contribution in [0.1, 0.15) is 79.6 Å². The van der Waals surface area contributed by atoms with E-state index >= 15 is 0 Å². The summed E-state index contributed by atoms with van der Waals surface area (Å²) in [5.74, 6) is 1.21. The third kappa shape index (κ3) is 5.83. The molecule has 2 aromatic carbocycles. The minimum atomic E-state index is -0.331. The van der Waals surface area contributed by atoms with Gasteiger partial charge in [0.25, 0.3) is 0 Å². The van der Waals surface area contributed by atoms with E-state index in [1.165, 1.54) is 0 Å². The van der Waals surface area contributed by atoms with Crippen molar-refractivity contribution in [3.63, 3.8) is 0 Å². The summed E-state index contributed by atoms with van der Waals surface area (Å²) in [5, 5.41) is 11.5. The number of carbonyl (C=O) groups is 3. The summed E-state index contributed by atoms with van der Waals surface area (Å²) >= 11 is 0. The fraction of sp³-hybridized carbons (Fsp3) is 0.484. The van der Waals surface area contributed by atoms with Gasteiger partial charge in [-0.25, -0.2) is 0 Å². The lowest BCUT2D eigenvalue weighted by atomic mass is 9.84. The number of carbonyl (C=O) groups excluding carboxylic acids is 3. The molecule has 2 aliphatic rings. The zero-order valence-corrected chi connectivity index (χ0v) is 24.4. The van der Waals surface area contributed by atoms with Gasteiger partial charge in [0.15, 0.2) is 5.78 Å². The second-order valence-corrected chi connectivity index (χ2v) is 11.4. The maximum atomic E-state index is 13.8. The Morgan fingerprint density at radius 3 is 2.50 bits per heavy atom. The van der Waals surface area contributed by atoms with Gasteiger partial charge in [0.05, 0.1) is 32.4 Å². The number of hydrogen-bond donors (Lipinski definition) is 2. The van der Waals surface area contributed by atoms with E-state index in [9.17, 15) is 14.4 Å². The molecule has 0 atom stereocenters. The zero-order chi connectivity index (χ0) is 29.2. The highest BCUT2D eigenvalue weighted by Gasteiger charge is 2.32. The quantitative estimate of drug-likeness (QED) is 0.454. The van der Waals surface area contributed by atoms with Crippen LogP contribution in [0.3, 0.4) is 0 Å². The largest absolute Gasteiger partial charge is 0.494 e. The van der Waals surface area contributed by atoms with Crippen LogP contribution < -0.4 is 19.7 Å². The number of benzene rings is 2. The lowest BCUT2D eigenvalue weighted by Gasteiger charge is -2.32. The Labute approximate surface area is 236 Å². The molecule has 2 N–H and O–H groups in total. The Kier molecular flexibility index (Phi) is 8.51. The summed E-state index contributed by atoms with van der Waals surface area (Å²) in [6.45, 7) is 9.49. The van der Waals surface area contributed by atoms with E-state index in [-0.39, 0.29) is 41.8 Å². The molecule has 2 amide bonds. The Morgan fingerprint density at radius 2 is 1.88 bits per heavy atom. The number of rotatable bonds is 9. The second kappa shape index (κ2) is 11.7. The van der Waals surface area contributed by atoms with Crippen LogP contribution in [0.4, 0.5) is 5.69 Å². The molecular formula is C31H40N4O5. The van der Waals surface area contributed by atoms with Crippen molar-refractivity contribution < 1.29 is 23.9 Å². The molecule has 4 rings (SSSR count). The molecule has 2 heterocycles. The van der Waals surface area contributed by atoms with E-state index in [1.54, 1.807) is 30.0 Å². The minimum absolute atomic E-state index is 0.00552. The molecule has 0 aliphatic carbocycles. The van der Waals surface area contributed by atoms with Gasteiger partial charge < -0.3 is 24.6 Å². The molecule has 2 aliphatic heterocycles. The minimum Gasteiger partial charge on any atom is -0.494 e. The van der Waals surface area contributed by atoms with E-state index in [0.29, 0.717) is 60.0 Å². The van der Waals surface area contributed by atoms with Crippen molar-refractivity contribution in [2.24, 2.45) is 0 Å². The molecular weight excluding hydrogens is 508 g/mol. The number of fused-ring (bicyclic) bond motifs is 1. The topological polar surface area (TPSA) is 112 Å². The number of ketones is 1. The van der Waals surface area contributed by atoms with E-state index in [4.69, 9.17) is 14.9 Å². The van der Waals surface area contributed by atoms with Gasteiger partial charge in [0.2, 0.25) is 11.8 Å². The number of piperidine rings is 1. The average molecular weight is 549 g/mol. The smallest absolute Gasteiger partial charge is 0.227 e. The predicted octanol–water partition coefficient (Wildman–Crippen LogP) is 4.22. The Hall–Kier alpha value is -3.88. The lowest BCUT2D eigenvalue weighted by molar-refractivity contribution is -0.120. The molecule has 1 fully saturated rings. The normalized spacial score (nSPS) is 15.2. The van der Waals surface area contributed by atoms with Crippen molar-refractivity contribution in [1.29, 1.82) is 5.41 Å². The van der Waals surface area contributed by atoms with Gasteiger partial charge in [-0.1, -0.05) is 20.8 Å². The summed E-state index contributed by atoms with van der Waals surface area (Å²) < 4.78 is 11.6. The summed E-state index contributed by atoms with van der Waals surface area (Å²) in [6, 6.07) is 7.33. The number of nitrogens with zero attached hydrogens (tertiary/aromatic N) is 2. The maximum Gasteiger partial charge on any atom is 0.227 e. The highest BCUT2D eigenvalue weighted by atomic mass is 16.5. The standard InChI is InChI=1S/C31H40N4O5/c1-7-40-26-15-21-17-34(30(32)22(21)12-20(26)16-27(37)33-5)18-25(36)19-13-23(31(2,3)4)29(39-6)24(14-19)35-11-9-8-10-28(35)38/h12-15,32H,7-11,16-18H2,1-6H3,(H,33,37). The first-order valence-corrected chi connectivity index (χ1v) is 13.9. The number of hydrogen-bond acceptors (Lipinski definition) is 6. The molecule has 0 unspecified atom stereocenters. The Balaban J connectivity index is 1.66. The van der Waals surface area contributed by atoms with Gasteiger partial charge in [-0.3, -0.25) is 19.8 Å². The molecule has 2 aromatic rings. The van der Waals surface area contributed by atoms with Crippen LogP contribution >= 0.6 is 0 Å². The van der Waals surface area contributed by atoms with Gasteiger partial charge in [0.1, 0.15) is 17.3 Å². The second-order valence-electron chi connectivity index (χ2n) is 11.4. The number of amides is 2. The average Bonchev–Trinajstić information content (AvgIpc) is 3.21. The summed E-state index contributed by atoms with van der Waals surface area (Å²) in [5.41, 5.74) is 3.92. The molecule has 9 nitrogen and oxygen atoms in total. The lowest BCUT2D eigenvalue weighted by Crippen LogP contribution is -2.36. The van der Waals surface area contributed by atoms with Gasteiger partial charge in [-0.2, -0.15) is 0 Å². The first kappa shape index (κ1) is 29.1. The first-order chi connectivity index (χ1) is 19.0. The van der Waals surface area contributed by atoms with Crippen LogP contribution in [0.15, 0.2) is 24.3 Å². The molecule has 0 bridgehead atoms. The van der Waals surface area contributed by atoms with Crippen LogP contribution in [0.2, 0.25) is 0 Å². The molecule has 1 saturated heterocycles. The fourth-order valence-electron chi connectivity index (χ4n) is 5.37. The third-order valence-electron chi connectivity index (χ3n) is 7.50. The number of methoxy groups -OCH3 is 1. The van der Waals surface area contributed by atoms with Crippen molar-refractivity contribution in [1.82, 2.24) is 10.2 Å². The zero-order valence-electron chi connectivity index (χ0n) is 24.4. The third-order valence-corrected chi connectivity index (χ3v) is 7.50. The molecule has 0 saturated carbocycles. The van der Waals surface area contributed by atoms with Gasteiger partial charge in [-0.15, -0.1) is 0 Å². The van der Waals surface area contributed by atoms with Crippen LogP contribution in [0.5, 0.6) is 11.5 Å². The van der Waals surface area contributed by atoms with Crippen LogP contribution in [-0.2, 0) is 28.0 Å². The van der Waals surface area contributed by atoms with E-state index in [0.717, 1.165) is 24.0 Å². The van der Waals surface area contributed by atoms with Crippen LogP contribution in [0.25, 0.3) is 0 Å². The molecule has 0 spiro atoms. The molecule has 40 heavy (non-hydrogen) atoms. The molecule has 0 radical (unpaired) electrons. The van der Waals surface area contributed by atoms with Gasteiger partial charge >= 0.3 is 0 Å². The Bertz CT molecular complexity index is 1340. The van der Waals surface area contributed by atoms with E-state index in [2.05, 4.69) is 26.1 Å². The molecule has 0 aromatic heterocycles. The summed E-state index contributed by atoms with van der Waals surface area (Å²) in [6.07, 6.45) is 2.37. The van der Waals surface area contributed by atoms with Gasteiger partial charge in [-0.05, 0) is 55.0 Å². The highest BCUT2D eigenvalue weighted by molar-refractivity contribution is 6.07. The Morgan fingerprint density at radius 1 is 1.12 bits per heavy atom. The van der Waals surface area contributed by atoms with Crippen molar-refractivity contribution in [3.8, 4) is 11.5 Å². The number of likely N-dealkylation sites (N-methyl/N-ethyl adjacent to an activating group) is 1. The number of nitrogens with one attached hydrogen (secondary N) is 2. The molecule has 214 valence electrons. The number of Topliss-reactive ketones (excluding diaryl/α,β-unsaturated/α-hetero) is 1. The fourth-order valence-corrected chi connectivity index (χ4v) is 5.37. The number of ether oxygens (including phenoxy) is 2. The monoisotopic (exact) mass is 548 g/mol. The summed E-state index contributed by atoms with van der Waals surface area (Å²) in [4.78, 5) is 42.2. The number of amidine groups is 1. The first-order valence-electron chi connectivity index (χ1n) is 13.9. The maximum absolute atomic E-state index is 13.8. The van der Waals surface area contributed by atoms with Crippen molar-refractivity contribution in [3.05, 3.63) is 52.1 Å². The SMILES string of the molecule is CCOc1cc2c(cc1CC(=O)NC)C(=N)N(CC(=O)c1cc(N3CCCCC3=O)c(OC)c(C(C)(C)C)c1)C2.